The summed E-state index contributed by atoms with van der Waals surface area (Å²) in [7, 11) is 0. The molecule has 1 aliphatic rings. The molecule has 0 saturated heterocycles. The molecule has 1 aromatic rings. The van der Waals surface area contributed by atoms with E-state index >= 15 is 0 Å². The Hall–Kier alpha value is -0.870. The minimum absolute atomic E-state index is 0.0207. The lowest BCUT2D eigenvalue weighted by Gasteiger charge is -2.29. The summed E-state index contributed by atoms with van der Waals surface area (Å²) in [6.07, 6.45) is 4.39. The number of thiophene rings is 1. The summed E-state index contributed by atoms with van der Waals surface area (Å²) in [5, 5.41) is 4.93. The second kappa shape index (κ2) is 4.77. The topological polar surface area (TPSA) is 55.1 Å². The van der Waals surface area contributed by atoms with Crippen molar-refractivity contribution in [3.05, 3.63) is 22.4 Å². The quantitative estimate of drug-likeness (QED) is 0.804. The molecular weight excluding hydrogens is 208 g/mol. The number of nitrogens with two attached hydrogens (primary N) is 1. The van der Waals surface area contributed by atoms with Crippen LogP contribution in [0.4, 0.5) is 0 Å². The zero-order valence-corrected chi connectivity index (χ0v) is 9.43. The van der Waals surface area contributed by atoms with Crippen molar-refractivity contribution in [1.82, 2.24) is 5.32 Å². The molecule has 1 aromatic heterocycles. The number of rotatable bonds is 2. The summed E-state index contributed by atoms with van der Waals surface area (Å²) in [6.45, 7) is 0. The Kier molecular flexibility index (Phi) is 3.38. The van der Waals surface area contributed by atoms with Gasteiger partial charge in [0.25, 0.3) is 5.91 Å². The van der Waals surface area contributed by atoms with Crippen LogP contribution >= 0.6 is 11.3 Å². The second-order valence-electron chi connectivity index (χ2n) is 4.01. The van der Waals surface area contributed by atoms with E-state index in [0.717, 1.165) is 17.7 Å². The fourth-order valence-corrected chi connectivity index (χ4v) is 2.61. The molecule has 1 aliphatic carbocycles. The van der Waals surface area contributed by atoms with Crippen molar-refractivity contribution in [2.75, 3.05) is 0 Å². The van der Waals surface area contributed by atoms with Gasteiger partial charge in [-0.1, -0.05) is 18.9 Å². The molecule has 0 aromatic carbocycles. The zero-order chi connectivity index (χ0) is 10.7. The van der Waals surface area contributed by atoms with Crippen molar-refractivity contribution >= 4 is 17.2 Å². The van der Waals surface area contributed by atoms with Gasteiger partial charge in [-0.05, 0) is 24.3 Å². The molecule has 1 heterocycles. The third-order valence-electron chi connectivity index (χ3n) is 2.88. The predicted octanol–water partition coefficient (Wildman–Crippen LogP) is 1.75. The van der Waals surface area contributed by atoms with E-state index in [1.165, 1.54) is 24.2 Å². The number of carbonyl (C=O) groups is 1. The normalized spacial score (nSPS) is 26.2. The van der Waals surface area contributed by atoms with Crippen LogP contribution in [0, 0.1) is 0 Å². The van der Waals surface area contributed by atoms with Gasteiger partial charge < -0.3 is 11.1 Å². The summed E-state index contributed by atoms with van der Waals surface area (Å²) in [5.41, 5.74) is 5.97. The molecule has 1 saturated carbocycles. The zero-order valence-electron chi connectivity index (χ0n) is 8.61. The van der Waals surface area contributed by atoms with E-state index in [9.17, 15) is 4.79 Å². The standard InChI is InChI=1S/C11H16N2OS/c12-8-4-1-2-5-9(8)13-11(14)10-6-3-7-15-10/h3,6-9H,1-2,4-5,12H2,(H,13,14). The van der Waals surface area contributed by atoms with E-state index in [1.807, 2.05) is 17.5 Å². The summed E-state index contributed by atoms with van der Waals surface area (Å²) in [4.78, 5) is 12.5. The molecule has 15 heavy (non-hydrogen) atoms. The van der Waals surface area contributed by atoms with Crippen molar-refractivity contribution in [2.45, 2.75) is 37.8 Å². The Balaban J connectivity index is 1.93. The maximum absolute atomic E-state index is 11.8. The Morgan fingerprint density at radius 2 is 2.27 bits per heavy atom. The molecule has 3 nitrogen and oxygen atoms in total. The lowest BCUT2D eigenvalue weighted by atomic mass is 9.91. The van der Waals surface area contributed by atoms with E-state index in [-0.39, 0.29) is 18.0 Å². The molecule has 4 heteroatoms. The van der Waals surface area contributed by atoms with Gasteiger partial charge in [-0.2, -0.15) is 0 Å². The molecule has 2 unspecified atom stereocenters. The Morgan fingerprint density at radius 1 is 1.47 bits per heavy atom. The molecule has 1 fully saturated rings. The van der Waals surface area contributed by atoms with Crippen LogP contribution in [0.3, 0.4) is 0 Å². The lowest BCUT2D eigenvalue weighted by molar-refractivity contribution is 0.0925. The fraction of sp³-hybridized carbons (Fsp3) is 0.545. The molecule has 1 amide bonds. The highest BCUT2D eigenvalue weighted by Crippen LogP contribution is 2.18. The molecular formula is C11H16N2OS. The number of hydrogen-bond donors (Lipinski definition) is 2. The van der Waals surface area contributed by atoms with Gasteiger partial charge in [0, 0.05) is 12.1 Å². The number of carbonyl (C=O) groups excluding carboxylic acids is 1. The average molecular weight is 224 g/mol. The largest absolute Gasteiger partial charge is 0.347 e. The molecule has 3 N–H and O–H groups in total. The van der Waals surface area contributed by atoms with E-state index < -0.39 is 0 Å². The van der Waals surface area contributed by atoms with Crippen LogP contribution in [-0.2, 0) is 0 Å². The highest BCUT2D eigenvalue weighted by molar-refractivity contribution is 7.12. The first-order chi connectivity index (χ1) is 7.27. The van der Waals surface area contributed by atoms with Crippen molar-refractivity contribution in [3.8, 4) is 0 Å². The highest BCUT2D eigenvalue weighted by atomic mass is 32.1. The lowest BCUT2D eigenvalue weighted by Crippen LogP contribution is -2.49. The monoisotopic (exact) mass is 224 g/mol. The van der Waals surface area contributed by atoms with Gasteiger partial charge in [-0.15, -0.1) is 11.3 Å². The van der Waals surface area contributed by atoms with Crippen LogP contribution in [0.1, 0.15) is 35.4 Å². The molecule has 2 rings (SSSR count). The average Bonchev–Trinajstić information content (AvgIpc) is 2.74. The Morgan fingerprint density at radius 3 is 2.93 bits per heavy atom. The van der Waals surface area contributed by atoms with Crippen molar-refractivity contribution < 1.29 is 4.79 Å². The first-order valence-electron chi connectivity index (χ1n) is 5.37. The second-order valence-corrected chi connectivity index (χ2v) is 4.95. The summed E-state index contributed by atoms with van der Waals surface area (Å²) in [5.74, 6) is 0.0207. The van der Waals surface area contributed by atoms with E-state index in [1.54, 1.807) is 0 Å². The first kappa shape index (κ1) is 10.6. The van der Waals surface area contributed by atoms with E-state index in [4.69, 9.17) is 5.73 Å². The van der Waals surface area contributed by atoms with Gasteiger partial charge in [0.2, 0.25) is 0 Å². The molecule has 0 aliphatic heterocycles. The molecule has 82 valence electrons. The van der Waals surface area contributed by atoms with Crippen LogP contribution in [0.5, 0.6) is 0 Å². The third-order valence-corrected chi connectivity index (χ3v) is 3.75. The molecule has 2 atom stereocenters. The van der Waals surface area contributed by atoms with Crippen LogP contribution in [0.2, 0.25) is 0 Å². The van der Waals surface area contributed by atoms with Crippen molar-refractivity contribution in [3.63, 3.8) is 0 Å². The van der Waals surface area contributed by atoms with E-state index in [0.29, 0.717) is 0 Å². The molecule has 0 bridgehead atoms. The summed E-state index contributed by atoms with van der Waals surface area (Å²) >= 11 is 1.47. The SMILES string of the molecule is NC1CCCCC1NC(=O)c1cccs1. The Labute approximate surface area is 93.7 Å². The third kappa shape index (κ3) is 2.58. The van der Waals surface area contributed by atoms with Crippen LogP contribution in [-0.4, -0.2) is 18.0 Å². The van der Waals surface area contributed by atoms with Crippen molar-refractivity contribution in [2.24, 2.45) is 5.73 Å². The molecule has 0 radical (unpaired) electrons. The van der Waals surface area contributed by atoms with Gasteiger partial charge in [0.05, 0.1) is 4.88 Å². The smallest absolute Gasteiger partial charge is 0.261 e. The fourth-order valence-electron chi connectivity index (χ4n) is 1.99. The van der Waals surface area contributed by atoms with Crippen LogP contribution < -0.4 is 11.1 Å². The maximum Gasteiger partial charge on any atom is 0.261 e. The number of hydrogen-bond acceptors (Lipinski definition) is 3. The predicted molar refractivity (Wildman–Crippen MR) is 62.0 cm³/mol. The number of nitrogens with one attached hydrogen (secondary N) is 1. The van der Waals surface area contributed by atoms with Gasteiger partial charge in [0.15, 0.2) is 0 Å². The Bertz CT molecular complexity index is 323. The highest BCUT2D eigenvalue weighted by Gasteiger charge is 2.23. The van der Waals surface area contributed by atoms with Crippen LogP contribution in [0.25, 0.3) is 0 Å². The summed E-state index contributed by atoms with van der Waals surface area (Å²) < 4.78 is 0. The maximum atomic E-state index is 11.8. The number of amides is 1. The first-order valence-corrected chi connectivity index (χ1v) is 6.25. The van der Waals surface area contributed by atoms with Gasteiger partial charge in [-0.25, -0.2) is 0 Å². The summed E-state index contributed by atoms with van der Waals surface area (Å²) in [6, 6.07) is 4.02. The minimum atomic E-state index is 0.0207. The van der Waals surface area contributed by atoms with Crippen molar-refractivity contribution in [1.29, 1.82) is 0 Å². The van der Waals surface area contributed by atoms with Gasteiger partial charge in [0.1, 0.15) is 0 Å². The van der Waals surface area contributed by atoms with Crippen LogP contribution in [0.15, 0.2) is 17.5 Å². The van der Waals surface area contributed by atoms with E-state index in [2.05, 4.69) is 5.32 Å². The molecule has 0 spiro atoms. The van der Waals surface area contributed by atoms with Gasteiger partial charge in [-0.3, -0.25) is 4.79 Å². The van der Waals surface area contributed by atoms with Gasteiger partial charge >= 0.3 is 0 Å². The minimum Gasteiger partial charge on any atom is -0.347 e.